The van der Waals surface area contributed by atoms with Crippen LogP contribution >= 0.6 is 22.1 Å². The van der Waals surface area contributed by atoms with Gasteiger partial charge in [0.15, 0.2) is 0 Å². The molecule has 0 radical (unpaired) electrons. The maximum absolute atomic E-state index is 15.7. The quantitative estimate of drug-likeness (QED) is 0.139. The van der Waals surface area contributed by atoms with E-state index in [-0.39, 0.29) is 16.8 Å². The second-order valence-electron chi connectivity index (χ2n) is 11.9. The monoisotopic (exact) mass is 724 g/mol. The van der Waals surface area contributed by atoms with Crippen molar-refractivity contribution in [2.45, 2.75) is 0 Å². The van der Waals surface area contributed by atoms with Gasteiger partial charge in [0.25, 0.3) is 0 Å². The fourth-order valence-corrected chi connectivity index (χ4v) is 12.8. The number of hydrogen-bond acceptors (Lipinski definition) is 6. The third-order valence-electron chi connectivity index (χ3n) is 8.72. The molecule has 7 aromatic carbocycles. The first-order valence-corrected chi connectivity index (χ1v) is 21.2. The molecule has 250 valence electrons. The van der Waals surface area contributed by atoms with E-state index in [2.05, 4.69) is 0 Å². The normalized spacial score (nSPS) is 15.1. The van der Waals surface area contributed by atoms with E-state index < -0.39 is 22.1 Å². The van der Waals surface area contributed by atoms with Gasteiger partial charge in [-0.15, -0.1) is 0 Å². The van der Waals surface area contributed by atoms with Crippen molar-refractivity contribution in [1.82, 2.24) is 0 Å². The van der Waals surface area contributed by atoms with Gasteiger partial charge in [0.05, 0.1) is 31.8 Å². The molecule has 0 saturated carbocycles. The second-order valence-corrected chi connectivity index (χ2v) is 18.8. The van der Waals surface area contributed by atoms with Crippen molar-refractivity contribution >= 4 is 53.9 Å². The Balaban J connectivity index is 1.34. The van der Waals surface area contributed by atoms with E-state index in [1.165, 1.54) is 0 Å². The molecule has 51 heavy (non-hydrogen) atoms. The number of hydrogen-bond donors (Lipinski definition) is 0. The molecule has 1 unspecified atom stereocenters. The Bertz CT molecular complexity index is 2400. The van der Waals surface area contributed by atoms with Gasteiger partial charge in [0.1, 0.15) is 17.2 Å². The van der Waals surface area contributed by atoms with Gasteiger partial charge in [0.2, 0.25) is 0 Å². The smallest absolute Gasteiger partial charge is 0.311 e. The molecular weight excluding hydrogens is 693 g/mol. The number of rotatable bonds is 9. The summed E-state index contributed by atoms with van der Waals surface area (Å²) in [6.07, 6.45) is 0. The predicted octanol–water partition coefficient (Wildman–Crippen LogP) is 8.59. The fraction of sp³-hybridized carbons (Fsp3) is 0. The molecule has 0 spiro atoms. The van der Waals surface area contributed by atoms with Crippen LogP contribution < -0.4 is 45.4 Å². The van der Waals surface area contributed by atoms with Gasteiger partial charge in [-0.2, -0.15) is 0 Å². The van der Waals surface area contributed by atoms with Crippen LogP contribution in [0.5, 0.6) is 17.2 Å². The maximum atomic E-state index is 15.7. The van der Waals surface area contributed by atoms with Gasteiger partial charge >= 0.3 is 22.1 Å². The predicted molar refractivity (Wildman–Crippen MR) is 207 cm³/mol. The molecule has 0 amide bonds. The van der Waals surface area contributed by atoms with Crippen LogP contribution in [0.2, 0.25) is 0 Å². The highest BCUT2D eigenvalue weighted by Gasteiger charge is 2.42. The van der Waals surface area contributed by atoms with Crippen LogP contribution in [-0.2, 0) is 13.7 Å². The van der Waals surface area contributed by atoms with Crippen molar-refractivity contribution in [3.63, 3.8) is 0 Å². The molecule has 9 heteroatoms. The summed E-state index contributed by atoms with van der Waals surface area (Å²) in [5, 5.41) is 2.50. The van der Waals surface area contributed by atoms with Gasteiger partial charge in [0, 0.05) is 5.56 Å². The summed E-state index contributed by atoms with van der Waals surface area (Å²) in [4.78, 5) is 0. The van der Waals surface area contributed by atoms with Crippen molar-refractivity contribution < 1.29 is 27.3 Å². The SMILES string of the molecule is O=P(Oc1ccc(OP(=O)(c2ccccc2)c2ccccc2)c(P2(=O)Oc3ccccc3-c3ccccc32)c1)(c1ccccc1)c1ccccc1. The first-order chi connectivity index (χ1) is 24.9. The highest BCUT2D eigenvalue weighted by Crippen LogP contribution is 2.57. The van der Waals surface area contributed by atoms with E-state index in [4.69, 9.17) is 13.6 Å². The molecule has 6 nitrogen and oxygen atoms in total. The van der Waals surface area contributed by atoms with Crippen LogP contribution in [0.3, 0.4) is 0 Å². The summed E-state index contributed by atoms with van der Waals surface area (Å²) < 4.78 is 65.7. The molecule has 0 aromatic heterocycles. The van der Waals surface area contributed by atoms with Crippen LogP contribution in [0.15, 0.2) is 188 Å². The Morgan fingerprint density at radius 3 is 1.39 bits per heavy atom. The maximum Gasteiger partial charge on any atom is 0.311 e. The van der Waals surface area contributed by atoms with Gasteiger partial charge < -0.3 is 13.6 Å². The second kappa shape index (κ2) is 13.4. The van der Waals surface area contributed by atoms with Crippen molar-refractivity contribution in [3.8, 4) is 28.4 Å². The van der Waals surface area contributed by atoms with Crippen LogP contribution in [0.1, 0.15) is 0 Å². The first kappa shape index (κ1) is 32.8. The number of fused-ring (bicyclic) bond motifs is 3. The summed E-state index contributed by atoms with van der Waals surface area (Å²) >= 11 is 0. The van der Waals surface area contributed by atoms with Crippen molar-refractivity contribution in [1.29, 1.82) is 0 Å². The third kappa shape index (κ3) is 5.96. The average Bonchev–Trinajstić information content (AvgIpc) is 3.20. The molecule has 0 saturated heterocycles. The molecule has 1 aliphatic heterocycles. The lowest BCUT2D eigenvalue weighted by molar-refractivity contribution is 0.489. The lowest BCUT2D eigenvalue weighted by Crippen LogP contribution is -2.28. The zero-order valence-electron chi connectivity index (χ0n) is 27.2. The minimum Gasteiger partial charge on any atom is -0.437 e. The van der Waals surface area contributed by atoms with Gasteiger partial charge in [-0.25, -0.2) is 0 Å². The van der Waals surface area contributed by atoms with Gasteiger partial charge in [-0.3, -0.25) is 13.7 Å². The zero-order valence-corrected chi connectivity index (χ0v) is 29.9. The summed E-state index contributed by atoms with van der Waals surface area (Å²) in [5.74, 6) is 0.702. The van der Waals surface area contributed by atoms with E-state index in [9.17, 15) is 0 Å². The standard InChI is InChI=1S/C42H31O6P3/c43-49(33-17-5-1-6-18-33,34-19-7-2-8-20-34)46-32-29-30-40(48-50(44,35-21-9-3-10-22-35)36-23-11-4-12-24-36)42(31-32)51(45)41-28-16-14-26-38(41)37-25-13-15-27-39(37)47-51/h1-31H. The van der Waals surface area contributed by atoms with Crippen molar-refractivity contribution in [2.24, 2.45) is 0 Å². The molecule has 0 N–H and O–H groups in total. The van der Waals surface area contributed by atoms with Crippen LogP contribution in [-0.4, -0.2) is 0 Å². The molecule has 0 aliphatic carbocycles. The Morgan fingerprint density at radius 2 is 0.863 bits per heavy atom. The van der Waals surface area contributed by atoms with Crippen LogP contribution in [0.25, 0.3) is 11.1 Å². The minimum absolute atomic E-state index is 0.0881. The molecule has 1 atom stereocenters. The molecular formula is C42H31O6P3. The highest BCUT2D eigenvalue weighted by molar-refractivity contribution is 7.76. The van der Waals surface area contributed by atoms with Crippen molar-refractivity contribution in [3.05, 3.63) is 188 Å². The average molecular weight is 725 g/mol. The molecule has 0 bridgehead atoms. The summed E-state index contributed by atoms with van der Waals surface area (Å²) in [7, 11) is -11.6. The molecule has 1 heterocycles. The third-order valence-corrected chi connectivity index (χ3v) is 16.0. The fourth-order valence-electron chi connectivity index (χ4n) is 6.25. The van der Waals surface area contributed by atoms with E-state index in [1.807, 2.05) is 84.9 Å². The summed E-state index contributed by atoms with van der Waals surface area (Å²) in [6, 6.07) is 55.4. The number of benzene rings is 7. The van der Waals surface area contributed by atoms with E-state index in [1.54, 1.807) is 103 Å². The molecule has 7 aromatic rings. The van der Waals surface area contributed by atoms with Gasteiger partial charge in [-0.05, 0) is 84.4 Å². The van der Waals surface area contributed by atoms with E-state index in [0.29, 0.717) is 32.3 Å². The summed E-state index contributed by atoms with van der Waals surface area (Å²) in [6.45, 7) is 0. The van der Waals surface area contributed by atoms with E-state index in [0.717, 1.165) is 11.1 Å². The van der Waals surface area contributed by atoms with Crippen LogP contribution in [0, 0.1) is 0 Å². The Kier molecular flexibility index (Phi) is 8.62. The first-order valence-electron chi connectivity index (χ1n) is 16.3. The van der Waals surface area contributed by atoms with Crippen LogP contribution in [0.4, 0.5) is 0 Å². The zero-order chi connectivity index (χ0) is 34.9. The topological polar surface area (TPSA) is 78.9 Å². The largest absolute Gasteiger partial charge is 0.437 e. The Labute approximate surface area is 296 Å². The molecule has 1 aliphatic rings. The minimum atomic E-state index is -4.05. The van der Waals surface area contributed by atoms with Crippen molar-refractivity contribution in [2.75, 3.05) is 0 Å². The Morgan fingerprint density at radius 1 is 0.431 bits per heavy atom. The van der Waals surface area contributed by atoms with E-state index >= 15 is 13.7 Å². The number of para-hydroxylation sites is 1. The lowest BCUT2D eigenvalue weighted by Gasteiger charge is -2.31. The van der Waals surface area contributed by atoms with Gasteiger partial charge in [-0.1, -0.05) is 109 Å². The molecule has 0 fully saturated rings. The lowest BCUT2D eigenvalue weighted by atomic mass is 10.0. The highest BCUT2D eigenvalue weighted by atomic mass is 31.2. The Hall–Kier alpha value is -5.37. The molecule has 8 rings (SSSR count). The summed E-state index contributed by atoms with van der Waals surface area (Å²) in [5.41, 5.74) is 1.54.